The summed E-state index contributed by atoms with van der Waals surface area (Å²) in [5.41, 5.74) is -0.560. The van der Waals surface area contributed by atoms with Crippen molar-refractivity contribution in [1.82, 2.24) is 0 Å². The van der Waals surface area contributed by atoms with Gasteiger partial charge in [-0.1, -0.05) is 19.9 Å². The Hall–Kier alpha value is 0.220. The SMILES string of the molecule is CC(C)(COc1c(Br)cccc1Br)CS(=O)(=O)Cl. The predicted octanol–water partition coefficient (Wildman–Crippen LogP) is 4.19. The van der Waals surface area contributed by atoms with Crippen LogP contribution in [0.3, 0.4) is 0 Å². The van der Waals surface area contributed by atoms with Crippen LogP contribution < -0.4 is 4.74 Å². The zero-order chi connectivity index (χ0) is 14.0. The maximum atomic E-state index is 11.1. The molecule has 0 heterocycles. The first-order chi connectivity index (χ1) is 8.11. The molecule has 0 unspecified atom stereocenters. The molecule has 1 aromatic rings. The van der Waals surface area contributed by atoms with Crippen molar-refractivity contribution in [2.24, 2.45) is 5.41 Å². The van der Waals surface area contributed by atoms with Gasteiger partial charge in [-0.05, 0) is 44.0 Å². The van der Waals surface area contributed by atoms with E-state index in [-0.39, 0.29) is 12.4 Å². The molecule has 102 valence electrons. The smallest absolute Gasteiger partial charge is 0.233 e. The van der Waals surface area contributed by atoms with Gasteiger partial charge in [0.1, 0.15) is 5.75 Å². The standard InChI is InChI=1S/C11H13Br2ClO3S/c1-11(2,7-18(14,15)16)6-17-10-8(12)4-3-5-9(10)13/h3-5H,6-7H2,1-2H3. The van der Waals surface area contributed by atoms with Crippen molar-refractivity contribution < 1.29 is 13.2 Å². The van der Waals surface area contributed by atoms with E-state index >= 15 is 0 Å². The fourth-order valence-electron chi connectivity index (χ4n) is 1.40. The molecule has 0 N–H and O–H groups in total. The summed E-state index contributed by atoms with van der Waals surface area (Å²) in [6.45, 7) is 3.83. The summed E-state index contributed by atoms with van der Waals surface area (Å²) < 4.78 is 29.4. The van der Waals surface area contributed by atoms with Crippen LogP contribution in [0.1, 0.15) is 13.8 Å². The van der Waals surface area contributed by atoms with Crippen molar-refractivity contribution in [1.29, 1.82) is 0 Å². The Morgan fingerprint density at radius 1 is 1.28 bits per heavy atom. The number of hydrogen-bond donors (Lipinski definition) is 0. The molecule has 0 saturated carbocycles. The van der Waals surface area contributed by atoms with Crippen LogP contribution in [0.25, 0.3) is 0 Å². The van der Waals surface area contributed by atoms with Gasteiger partial charge in [-0.2, -0.15) is 0 Å². The van der Waals surface area contributed by atoms with Gasteiger partial charge in [0.05, 0.1) is 21.3 Å². The molecule has 7 heteroatoms. The van der Waals surface area contributed by atoms with Crippen LogP contribution in [0.5, 0.6) is 5.75 Å². The fourth-order valence-corrected chi connectivity index (χ4v) is 4.53. The first kappa shape index (κ1) is 16.3. The van der Waals surface area contributed by atoms with Crippen molar-refractivity contribution in [3.8, 4) is 5.75 Å². The largest absolute Gasteiger partial charge is 0.491 e. The summed E-state index contributed by atoms with van der Waals surface area (Å²) in [5.74, 6) is 0.515. The molecule has 0 bridgehead atoms. The van der Waals surface area contributed by atoms with Crippen molar-refractivity contribution in [2.75, 3.05) is 12.4 Å². The van der Waals surface area contributed by atoms with Crippen LogP contribution in [0.2, 0.25) is 0 Å². The quantitative estimate of drug-likeness (QED) is 0.671. The first-order valence-corrected chi connectivity index (χ1v) is 9.16. The first-order valence-electron chi connectivity index (χ1n) is 5.10. The van der Waals surface area contributed by atoms with E-state index in [1.165, 1.54) is 0 Å². The van der Waals surface area contributed by atoms with Crippen LogP contribution in [0.15, 0.2) is 27.1 Å². The van der Waals surface area contributed by atoms with E-state index in [4.69, 9.17) is 15.4 Å². The average molecular weight is 421 g/mol. The molecule has 0 spiro atoms. The lowest BCUT2D eigenvalue weighted by Crippen LogP contribution is -2.28. The molecule has 1 aromatic carbocycles. The van der Waals surface area contributed by atoms with Gasteiger partial charge in [-0.3, -0.25) is 0 Å². The van der Waals surface area contributed by atoms with Gasteiger partial charge in [0.25, 0.3) is 0 Å². The van der Waals surface area contributed by atoms with Crippen molar-refractivity contribution in [3.63, 3.8) is 0 Å². The summed E-state index contributed by atoms with van der Waals surface area (Å²) in [5, 5.41) is 0. The van der Waals surface area contributed by atoms with Crippen LogP contribution in [-0.4, -0.2) is 20.8 Å². The summed E-state index contributed by atoms with van der Waals surface area (Å²) >= 11 is 6.75. The van der Waals surface area contributed by atoms with E-state index in [1.807, 2.05) is 18.2 Å². The lowest BCUT2D eigenvalue weighted by Gasteiger charge is -2.23. The Morgan fingerprint density at radius 3 is 2.22 bits per heavy atom. The van der Waals surface area contributed by atoms with Crippen LogP contribution in [0.4, 0.5) is 0 Å². The van der Waals surface area contributed by atoms with Crippen molar-refractivity contribution >= 4 is 51.6 Å². The van der Waals surface area contributed by atoms with E-state index in [0.717, 1.165) is 8.95 Å². The van der Waals surface area contributed by atoms with Crippen molar-refractivity contribution in [3.05, 3.63) is 27.1 Å². The highest BCUT2D eigenvalue weighted by atomic mass is 79.9. The van der Waals surface area contributed by atoms with Crippen LogP contribution >= 0.6 is 42.5 Å². The van der Waals surface area contributed by atoms with Gasteiger partial charge >= 0.3 is 0 Å². The predicted molar refractivity (Wildman–Crippen MR) is 80.8 cm³/mol. The zero-order valence-corrected chi connectivity index (χ0v) is 14.7. The number of ether oxygens (including phenoxy) is 1. The van der Waals surface area contributed by atoms with Gasteiger partial charge in [0.15, 0.2) is 0 Å². The summed E-state index contributed by atoms with van der Waals surface area (Å²) in [7, 11) is 1.72. The van der Waals surface area contributed by atoms with Gasteiger partial charge in [-0.15, -0.1) is 0 Å². The summed E-state index contributed by atoms with van der Waals surface area (Å²) in [6, 6.07) is 5.58. The minimum atomic E-state index is -3.54. The van der Waals surface area contributed by atoms with E-state index in [9.17, 15) is 8.42 Å². The summed E-state index contributed by atoms with van der Waals surface area (Å²) in [6.07, 6.45) is 0. The number of para-hydroxylation sites is 1. The molecular weight excluding hydrogens is 407 g/mol. The molecule has 0 radical (unpaired) electrons. The van der Waals surface area contributed by atoms with Gasteiger partial charge < -0.3 is 4.74 Å². The van der Waals surface area contributed by atoms with E-state index < -0.39 is 14.5 Å². The van der Waals surface area contributed by atoms with Crippen LogP contribution in [0, 0.1) is 5.41 Å². The van der Waals surface area contributed by atoms with E-state index in [2.05, 4.69) is 31.9 Å². The number of rotatable bonds is 5. The normalized spacial score (nSPS) is 12.5. The van der Waals surface area contributed by atoms with Gasteiger partial charge in [-0.25, -0.2) is 8.42 Å². The highest BCUT2D eigenvalue weighted by Gasteiger charge is 2.26. The van der Waals surface area contributed by atoms with Gasteiger partial charge in [0.2, 0.25) is 9.05 Å². The Labute approximate surface area is 129 Å². The average Bonchev–Trinajstić information content (AvgIpc) is 2.12. The monoisotopic (exact) mass is 418 g/mol. The minimum Gasteiger partial charge on any atom is -0.491 e. The maximum absolute atomic E-state index is 11.1. The van der Waals surface area contributed by atoms with E-state index in [1.54, 1.807) is 13.8 Å². The number of benzene rings is 1. The molecule has 0 aliphatic heterocycles. The third-order valence-corrected chi connectivity index (χ3v) is 4.79. The van der Waals surface area contributed by atoms with Gasteiger partial charge in [0, 0.05) is 16.1 Å². The molecule has 0 amide bonds. The molecule has 0 aliphatic carbocycles. The third-order valence-electron chi connectivity index (χ3n) is 2.09. The lowest BCUT2D eigenvalue weighted by molar-refractivity contribution is 0.198. The Morgan fingerprint density at radius 2 is 1.78 bits per heavy atom. The highest BCUT2D eigenvalue weighted by Crippen LogP contribution is 2.34. The second-order valence-electron chi connectivity index (χ2n) is 4.69. The molecule has 0 saturated heterocycles. The Balaban J connectivity index is 2.76. The molecule has 0 atom stereocenters. The molecular formula is C11H13Br2ClO3S. The maximum Gasteiger partial charge on any atom is 0.233 e. The topological polar surface area (TPSA) is 43.4 Å². The molecule has 0 aromatic heterocycles. The number of halogens is 3. The molecule has 1 rings (SSSR count). The molecule has 3 nitrogen and oxygen atoms in total. The Bertz CT molecular complexity index is 509. The second-order valence-corrected chi connectivity index (χ2v) is 9.17. The minimum absolute atomic E-state index is 0.135. The second kappa shape index (κ2) is 6.11. The Kier molecular flexibility index (Phi) is 5.53. The lowest BCUT2D eigenvalue weighted by atomic mass is 9.98. The molecule has 18 heavy (non-hydrogen) atoms. The summed E-state index contributed by atoms with van der Waals surface area (Å²) in [4.78, 5) is 0. The zero-order valence-electron chi connectivity index (χ0n) is 9.91. The molecule has 0 fully saturated rings. The highest BCUT2D eigenvalue weighted by molar-refractivity contribution is 9.11. The van der Waals surface area contributed by atoms with E-state index in [0.29, 0.717) is 5.75 Å². The third kappa shape index (κ3) is 5.47. The molecule has 0 aliphatic rings. The van der Waals surface area contributed by atoms with Crippen LogP contribution in [-0.2, 0) is 9.05 Å². The fraction of sp³-hybridized carbons (Fsp3) is 0.455. The number of hydrogen-bond acceptors (Lipinski definition) is 3. The van der Waals surface area contributed by atoms with Crippen molar-refractivity contribution in [2.45, 2.75) is 13.8 Å².